The molecule has 4 rings (SSSR count). The van der Waals surface area contributed by atoms with Crippen LogP contribution in [-0.2, 0) is 11.0 Å². The molecule has 1 aliphatic heterocycles. The minimum Gasteiger partial charge on any atom is -0.457 e. The van der Waals surface area contributed by atoms with E-state index >= 15 is 0 Å². The molecule has 0 spiro atoms. The zero-order valence-electron chi connectivity index (χ0n) is 14.6. The van der Waals surface area contributed by atoms with Gasteiger partial charge in [-0.05, 0) is 36.4 Å². The molecule has 0 unspecified atom stereocenters. The third-order valence-electron chi connectivity index (χ3n) is 4.18. The normalized spacial score (nSPS) is 16.1. The maximum Gasteiger partial charge on any atom is 0.416 e. The monoisotopic (exact) mass is 431 g/mol. The molecule has 29 heavy (non-hydrogen) atoms. The summed E-state index contributed by atoms with van der Waals surface area (Å²) in [6, 6.07) is 17.1. The van der Waals surface area contributed by atoms with E-state index in [4.69, 9.17) is 16.6 Å². The molecule has 0 bridgehead atoms. The Morgan fingerprint density at radius 2 is 1.76 bits per heavy atom. The topological polar surface area (TPSA) is 33.5 Å². The summed E-state index contributed by atoms with van der Waals surface area (Å²) in [5.74, 6) is 0.357. The molecule has 8 heteroatoms. The van der Waals surface area contributed by atoms with E-state index in [1.165, 1.54) is 17.0 Å². The smallest absolute Gasteiger partial charge is 0.416 e. The highest BCUT2D eigenvalue weighted by Gasteiger charge is 2.33. The van der Waals surface area contributed by atoms with Crippen molar-refractivity contribution in [3.05, 3.63) is 83.0 Å². The van der Waals surface area contributed by atoms with Crippen molar-refractivity contribution < 1.29 is 22.4 Å². The van der Waals surface area contributed by atoms with Gasteiger partial charge in [-0.25, -0.2) is 0 Å². The lowest BCUT2D eigenvalue weighted by Gasteiger charge is -2.13. The molecule has 1 aromatic heterocycles. The number of rotatable bonds is 3. The van der Waals surface area contributed by atoms with Crippen molar-refractivity contribution in [2.75, 3.05) is 4.90 Å². The van der Waals surface area contributed by atoms with Gasteiger partial charge in [-0.3, -0.25) is 9.69 Å². The lowest BCUT2D eigenvalue weighted by atomic mass is 10.1. The van der Waals surface area contributed by atoms with E-state index in [-0.39, 0.29) is 11.7 Å². The van der Waals surface area contributed by atoms with E-state index in [9.17, 15) is 18.0 Å². The van der Waals surface area contributed by atoms with Crippen LogP contribution in [0.15, 0.2) is 76.1 Å². The number of hydrogen-bond acceptors (Lipinski definition) is 4. The van der Waals surface area contributed by atoms with Crippen LogP contribution in [0.1, 0.15) is 11.3 Å². The van der Waals surface area contributed by atoms with Crippen LogP contribution in [0.2, 0.25) is 0 Å². The molecule has 0 aliphatic carbocycles. The molecule has 1 fully saturated rings. The zero-order valence-corrected chi connectivity index (χ0v) is 16.3. The predicted molar refractivity (Wildman–Crippen MR) is 111 cm³/mol. The average molecular weight is 431 g/mol. The van der Waals surface area contributed by atoms with Gasteiger partial charge in [0.05, 0.1) is 16.2 Å². The number of hydrogen-bond donors (Lipinski definition) is 0. The molecule has 146 valence electrons. The number of thiocarbonyl (C=S) groups is 1. The minimum atomic E-state index is -4.43. The number of thioether (sulfide) groups is 1. The fourth-order valence-corrected chi connectivity index (χ4v) is 4.11. The van der Waals surface area contributed by atoms with Crippen LogP contribution in [0.4, 0.5) is 18.9 Å². The molecular weight excluding hydrogens is 419 g/mol. The third-order valence-corrected chi connectivity index (χ3v) is 5.48. The van der Waals surface area contributed by atoms with Crippen LogP contribution in [-0.4, -0.2) is 10.2 Å². The molecule has 1 saturated heterocycles. The van der Waals surface area contributed by atoms with Crippen molar-refractivity contribution in [3.63, 3.8) is 0 Å². The molecule has 3 aromatic rings. The SMILES string of the molecule is O=C1/C(=C/c2ccc(-c3cccc(C(F)(F)F)c3)o2)SC(=S)N1c1ccccc1. The lowest BCUT2D eigenvalue weighted by Crippen LogP contribution is -2.27. The second-order valence-corrected chi connectivity index (χ2v) is 7.81. The maximum atomic E-state index is 12.9. The number of carbonyl (C=O) groups is 1. The van der Waals surface area contributed by atoms with Crippen molar-refractivity contribution in [2.45, 2.75) is 6.18 Å². The third kappa shape index (κ3) is 3.99. The van der Waals surface area contributed by atoms with E-state index in [0.717, 1.165) is 23.9 Å². The first-order valence-electron chi connectivity index (χ1n) is 8.43. The van der Waals surface area contributed by atoms with Gasteiger partial charge in [-0.1, -0.05) is 54.3 Å². The number of nitrogens with zero attached hydrogens (tertiary/aromatic N) is 1. The Morgan fingerprint density at radius 3 is 2.48 bits per heavy atom. The maximum absolute atomic E-state index is 12.9. The largest absolute Gasteiger partial charge is 0.457 e. The van der Waals surface area contributed by atoms with Gasteiger partial charge in [0.2, 0.25) is 0 Å². The van der Waals surface area contributed by atoms with Gasteiger partial charge >= 0.3 is 6.18 Å². The number of furan rings is 1. The fraction of sp³-hybridized carbons (Fsp3) is 0.0476. The molecule has 3 nitrogen and oxygen atoms in total. The van der Waals surface area contributed by atoms with Crippen molar-refractivity contribution in [2.24, 2.45) is 0 Å². The Labute approximate surface area is 173 Å². The number of amides is 1. The van der Waals surface area contributed by atoms with Crippen LogP contribution in [0.3, 0.4) is 0 Å². The molecule has 1 aliphatic rings. The minimum absolute atomic E-state index is 0.275. The number of para-hydroxylation sites is 1. The van der Waals surface area contributed by atoms with Gasteiger partial charge in [0.15, 0.2) is 4.32 Å². The van der Waals surface area contributed by atoms with E-state index < -0.39 is 11.7 Å². The van der Waals surface area contributed by atoms with Crippen LogP contribution in [0.5, 0.6) is 0 Å². The first-order valence-corrected chi connectivity index (χ1v) is 9.66. The van der Waals surface area contributed by atoms with Gasteiger partial charge in [-0.2, -0.15) is 13.2 Å². The Bertz CT molecular complexity index is 1120. The highest BCUT2D eigenvalue weighted by molar-refractivity contribution is 8.27. The number of carbonyl (C=O) groups excluding carboxylic acids is 1. The Hall–Kier alpha value is -2.84. The fourth-order valence-electron chi connectivity index (χ4n) is 2.83. The second-order valence-electron chi connectivity index (χ2n) is 6.13. The second kappa shape index (κ2) is 7.53. The first-order chi connectivity index (χ1) is 13.8. The van der Waals surface area contributed by atoms with Gasteiger partial charge in [0.1, 0.15) is 11.5 Å². The molecule has 0 atom stereocenters. The van der Waals surface area contributed by atoms with Crippen molar-refractivity contribution in [1.82, 2.24) is 0 Å². The summed E-state index contributed by atoms with van der Waals surface area (Å²) in [6.07, 6.45) is -2.89. The Kier molecular flexibility index (Phi) is 5.06. The van der Waals surface area contributed by atoms with Crippen LogP contribution in [0.25, 0.3) is 17.4 Å². The van der Waals surface area contributed by atoms with Crippen LogP contribution < -0.4 is 4.90 Å². The van der Waals surface area contributed by atoms with E-state index in [0.29, 0.717) is 26.2 Å². The standard InChI is InChI=1S/C21H12F3NO2S2/c22-21(23,24)14-6-4-5-13(11-14)17-10-9-16(27-17)12-18-19(26)25(20(28)29-18)15-7-2-1-3-8-15/h1-12H/b18-12-. The number of anilines is 1. The summed E-state index contributed by atoms with van der Waals surface area (Å²) in [5, 5.41) is 0. The van der Waals surface area contributed by atoms with Crippen LogP contribution >= 0.6 is 24.0 Å². The molecular formula is C21H12F3NO2S2. The van der Waals surface area contributed by atoms with E-state index in [1.807, 2.05) is 18.2 Å². The molecule has 0 saturated carbocycles. The highest BCUT2D eigenvalue weighted by Crippen LogP contribution is 2.37. The number of alkyl halides is 3. The lowest BCUT2D eigenvalue weighted by molar-refractivity contribution is -0.137. The molecule has 0 N–H and O–H groups in total. The van der Waals surface area contributed by atoms with Gasteiger partial charge in [0.25, 0.3) is 5.91 Å². The molecule has 0 radical (unpaired) electrons. The van der Waals surface area contributed by atoms with Gasteiger partial charge < -0.3 is 4.42 Å². The Balaban J connectivity index is 1.60. The number of halogens is 3. The van der Waals surface area contributed by atoms with Gasteiger partial charge in [-0.15, -0.1) is 0 Å². The molecule has 2 aromatic carbocycles. The molecule has 1 amide bonds. The quantitative estimate of drug-likeness (QED) is 0.356. The van der Waals surface area contributed by atoms with E-state index in [2.05, 4.69) is 0 Å². The van der Waals surface area contributed by atoms with E-state index in [1.54, 1.807) is 30.3 Å². The first kappa shape index (κ1) is 19.5. The Morgan fingerprint density at radius 1 is 1.00 bits per heavy atom. The average Bonchev–Trinajstić information content (AvgIpc) is 3.27. The zero-order chi connectivity index (χ0) is 20.6. The summed E-state index contributed by atoms with van der Waals surface area (Å²) in [6.45, 7) is 0. The summed E-state index contributed by atoms with van der Waals surface area (Å²) in [7, 11) is 0. The van der Waals surface area contributed by atoms with Crippen molar-refractivity contribution in [1.29, 1.82) is 0 Å². The summed E-state index contributed by atoms with van der Waals surface area (Å²) >= 11 is 6.46. The van der Waals surface area contributed by atoms with Crippen molar-refractivity contribution in [3.8, 4) is 11.3 Å². The van der Waals surface area contributed by atoms with Crippen molar-refractivity contribution >= 4 is 46.0 Å². The molecule has 2 heterocycles. The van der Waals surface area contributed by atoms with Gasteiger partial charge in [0, 0.05) is 11.6 Å². The summed E-state index contributed by atoms with van der Waals surface area (Å²) < 4.78 is 44.8. The van der Waals surface area contributed by atoms with Crippen LogP contribution in [0, 0.1) is 0 Å². The predicted octanol–water partition coefficient (Wildman–Crippen LogP) is 6.37. The summed E-state index contributed by atoms with van der Waals surface area (Å²) in [5.41, 5.74) is 0.218. The summed E-state index contributed by atoms with van der Waals surface area (Å²) in [4.78, 5) is 14.5. The highest BCUT2D eigenvalue weighted by atomic mass is 32.2. The number of benzene rings is 2.